The van der Waals surface area contributed by atoms with Crippen molar-refractivity contribution in [1.29, 1.82) is 0 Å². The van der Waals surface area contributed by atoms with Gasteiger partial charge < -0.3 is 19.7 Å². The van der Waals surface area contributed by atoms with Gasteiger partial charge in [-0.3, -0.25) is 14.5 Å². The van der Waals surface area contributed by atoms with Crippen LogP contribution < -0.4 is 15.0 Å². The molecule has 0 spiro atoms. The number of hydrogen-bond donors (Lipinski definition) is 1. The molecule has 1 fully saturated rings. The molecule has 1 aromatic rings. The van der Waals surface area contributed by atoms with E-state index in [0.29, 0.717) is 30.3 Å². The molecule has 7 nitrogen and oxygen atoms in total. The van der Waals surface area contributed by atoms with E-state index in [1.54, 1.807) is 17.9 Å². The third-order valence-corrected chi connectivity index (χ3v) is 4.79. The predicted molar refractivity (Wildman–Crippen MR) is 104 cm³/mol. The second-order valence-corrected chi connectivity index (χ2v) is 7.53. The summed E-state index contributed by atoms with van der Waals surface area (Å²) >= 11 is 0. The molecule has 0 saturated carbocycles. The number of carbonyl (C=O) groups is 2. The lowest BCUT2D eigenvalue weighted by molar-refractivity contribution is -0.125. The Labute approximate surface area is 160 Å². The fourth-order valence-corrected chi connectivity index (χ4v) is 3.37. The molecule has 2 amide bonds. The summed E-state index contributed by atoms with van der Waals surface area (Å²) in [6, 6.07) is 5.48. The van der Waals surface area contributed by atoms with E-state index < -0.39 is 6.10 Å². The highest BCUT2D eigenvalue weighted by atomic mass is 16.5. The van der Waals surface area contributed by atoms with Gasteiger partial charge in [-0.25, -0.2) is 0 Å². The number of anilines is 2. The molecule has 0 radical (unpaired) electrons. The van der Waals surface area contributed by atoms with Gasteiger partial charge in [-0.1, -0.05) is 13.8 Å². The normalized spacial score (nSPS) is 20.4. The quantitative estimate of drug-likeness (QED) is 0.825. The van der Waals surface area contributed by atoms with Gasteiger partial charge in [0.2, 0.25) is 5.91 Å². The van der Waals surface area contributed by atoms with Gasteiger partial charge in [-0.2, -0.15) is 0 Å². The van der Waals surface area contributed by atoms with Crippen LogP contribution >= 0.6 is 0 Å². The minimum absolute atomic E-state index is 0.0194. The molecule has 0 aliphatic carbocycles. The molecule has 1 N–H and O–H groups in total. The highest BCUT2D eigenvalue weighted by molar-refractivity contribution is 6.00. The van der Waals surface area contributed by atoms with E-state index in [9.17, 15) is 9.59 Å². The average molecular weight is 375 g/mol. The van der Waals surface area contributed by atoms with Crippen LogP contribution in [-0.4, -0.2) is 62.2 Å². The van der Waals surface area contributed by atoms with Crippen LogP contribution in [0, 0.1) is 5.92 Å². The number of rotatable bonds is 6. The molecule has 1 unspecified atom stereocenters. The number of fused-ring (bicyclic) bond motifs is 1. The summed E-state index contributed by atoms with van der Waals surface area (Å²) < 4.78 is 11.2. The van der Waals surface area contributed by atoms with E-state index in [4.69, 9.17) is 9.47 Å². The fraction of sp³-hybridized carbons (Fsp3) is 0.600. The van der Waals surface area contributed by atoms with Gasteiger partial charge in [0.05, 0.1) is 18.9 Å². The van der Waals surface area contributed by atoms with E-state index >= 15 is 0 Å². The fourth-order valence-electron chi connectivity index (χ4n) is 3.37. The number of hydrogen-bond acceptors (Lipinski definition) is 5. The first-order valence-corrected chi connectivity index (χ1v) is 9.66. The summed E-state index contributed by atoms with van der Waals surface area (Å²) in [5.41, 5.74) is 1.45. The van der Waals surface area contributed by atoms with Crippen LogP contribution in [0.25, 0.3) is 0 Å². The summed E-state index contributed by atoms with van der Waals surface area (Å²) in [4.78, 5) is 28.7. The maximum Gasteiger partial charge on any atom is 0.267 e. The molecule has 1 atom stereocenters. The third-order valence-electron chi connectivity index (χ3n) is 4.79. The molecular weight excluding hydrogens is 346 g/mol. The summed E-state index contributed by atoms with van der Waals surface area (Å²) in [5, 5.41) is 2.90. The molecule has 2 aliphatic rings. The van der Waals surface area contributed by atoms with Crippen LogP contribution in [0.5, 0.6) is 5.75 Å². The van der Waals surface area contributed by atoms with E-state index in [-0.39, 0.29) is 11.8 Å². The zero-order chi connectivity index (χ0) is 19.4. The molecule has 2 aliphatic heterocycles. The lowest BCUT2D eigenvalue weighted by Gasteiger charge is -2.35. The van der Waals surface area contributed by atoms with Crippen LogP contribution in [-0.2, 0) is 14.3 Å². The molecule has 0 bridgehead atoms. The molecule has 148 valence electrons. The molecule has 3 rings (SSSR count). The third kappa shape index (κ3) is 4.99. The number of nitrogens with zero attached hydrogens (tertiary/aromatic N) is 2. The smallest absolute Gasteiger partial charge is 0.267 e. The Morgan fingerprint density at radius 1 is 1.26 bits per heavy atom. The Morgan fingerprint density at radius 3 is 2.70 bits per heavy atom. The van der Waals surface area contributed by atoms with Crippen molar-refractivity contribution in [2.75, 3.05) is 49.6 Å². The SMILES string of the molecule is CC(C)CC(=O)Nc1ccc2c(c1)OC(C)C(=O)N2CCN1CCOCC1. The van der Waals surface area contributed by atoms with E-state index in [1.807, 2.05) is 26.0 Å². The summed E-state index contributed by atoms with van der Waals surface area (Å²) in [7, 11) is 0. The first-order chi connectivity index (χ1) is 12.9. The van der Waals surface area contributed by atoms with Crippen LogP contribution in [0.4, 0.5) is 11.4 Å². The van der Waals surface area contributed by atoms with Gasteiger partial charge in [0, 0.05) is 44.4 Å². The minimum Gasteiger partial charge on any atom is -0.479 e. The Balaban J connectivity index is 1.71. The maximum atomic E-state index is 12.6. The van der Waals surface area contributed by atoms with E-state index in [0.717, 1.165) is 38.5 Å². The average Bonchev–Trinajstić information content (AvgIpc) is 2.62. The maximum absolute atomic E-state index is 12.6. The van der Waals surface area contributed by atoms with Crippen LogP contribution in [0.15, 0.2) is 18.2 Å². The van der Waals surface area contributed by atoms with Crippen LogP contribution in [0.1, 0.15) is 27.2 Å². The highest BCUT2D eigenvalue weighted by Crippen LogP contribution is 2.36. The Hall–Kier alpha value is -2.12. The highest BCUT2D eigenvalue weighted by Gasteiger charge is 2.32. The predicted octanol–water partition coefficient (Wildman–Crippen LogP) is 2.12. The van der Waals surface area contributed by atoms with Crippen molar-refractivity contribution in [3.63, 3.8) is 0 Å². The standard InChI is InChI=1S/C20H29N3O4/c1-14(2)12-19(24)21-16-4-5-17-18(13-16)27-15(3)20(25)23(17)7-6-22-8-10-26-11-9-22/h4-5,13-15H,6-12H2,1-3H3,(H,21,24). The molecule has 27 heavy (non-hydrogen) atoms. The van der Waals surface area contributed by atoms with Crippen molar-refractivity contribution in [3.8, 4) is 5.75 Å². The molecule has 1 aromatic carbocycles. The number of nitrogens with one attached hydrogen (secondary N) is 1. The largest absolute Gasteiger partial charge is 0.479 e. The van der Waals surface area contributed by atoms with Gasteiger partial charge in [0.15, 0.2) is 6.10 Å². The van der Waals surface area contributed by atoms with Crippen LogP contribution in [0.3, 0.4) is 0 Å². The van der Waals surface area contributed by atoms with Crippen molar-refractivity contribution in [2.45, 2.75) is 33.3 Å². The lowest BCUT2D eigenvalue weighted by Crippen LogP contribution is -2.48. The van der Waals surface area contributed by atoms with Crippen molar-refractivity contribution in [1.82, 2.24) is 4.90 Å². The monoisotopic (exact) mass is 375 g/mol. The van der Waals surface area contributed by atoms with Crippen molar-refractivity contribution in [3.05, 3.63) is 18.2 Å². The summed E-state index contributed by atoms with van der Waals surface area (Å²) in [6.07, 6.45) is -0.0674. The van der Waals surface area contributed by atoms with Crippen molar-refractivity contribution >= 4 is 23.2 Å². The van der Waals surface area contributed by atoms with Gasteiger partial charge in [-0.05, 0) is 25.0 Å². The van der Waals surface area contributed by atoms with Gasteiger partial charge >= 0.3 is 0 Å². The van der Waals surface area contributed by atoms with Crippen molar-refractivity contribution < 1.29 is 19.1 Å². The summed E-state index contributed by atoms with van der Waals surface area (Å²) in [6.45, 7) is 10.4. The Morgan fingerprint density at radius 2 is 2.00 bits per heavy atom. The number of amides is 2. The zero-order valence-corrected chi connectivity index (χ0v) is 16.4. The lowest BCUT2D eigenvalue weighted by atomic mass is 10.1. The van der Waals surface area contributed by atoms with E-state index in [2.05, 4.69) is 10.2 Å². The zero-order valence-electron chi connectivity index (χ0n) is 16.4. The molecule has 1 saturated heterocycles. The number of morpholine rings is 1. The first-order valence-electron chi connectivity index (χ1n) is 9.66. The second kappa shape index (κ2) is 8.71. The number of carbonyl (C=O) groups excluding carboxylic acids is 2. The Kier molecular flexibility index (Phi) is 6.34. The van der Waals surface area contributed by atoms with Gasteiger partial charge in [0.25, 0.3) is 5.91 Å². The van der Waals surface area contributed by atoms with Crippen molar-refractivity contribution in [2.24, 2.45) is 5.92 Å². The molecular formula is C20H29N3O4. The number of ether oxygens (including phenoxy) is 2. The van der Waals surface area contributed by atoms with Gasteiger partial charge in [-0.15, -0.1) is 0 Å². The van der Waals surface area contributed by atoms with Gasteiger partial charge in [0.1, 0.15) is 5.75 Å². The topological polar surface area (TPSA) is 71.1 Å². The van der Waals surface area contributed by atoms with Crippen LogP contribution in [0.2, 0.25) is 0 Å². The van der Waals surface area contributed by atoms with E-state index in [1.165, 1.54) is 0 Å². The number of benzene rings is 1. The summed E-state index contributed by atoms with van der Waals surface area (Å²) in [5.74, 6) is 0.875. The molecule has 0 aromatic heterocycles. The molecule has 7 heteroatoms. The second-order valence-electron chi connectivity index (χ2n) is 7.53. The Bertz CT molecular complexity index is 686. The minimum atomic E-state index is -0.538. The molecule has 2 heterocycles. The first kappa shape index (κ1) is 19.6.